The quantitative estimate of drug-likeness (QED) is 0.461. The van der Waals surface area contributed by atoms with Crippen LogP contribution in [0, 0.1) is 0 Å². The van der Waals surface area contributed by atoms with E-state index in [1.54, 1.807) is 6.33 Å². The van der Waals surface area contributed by atoms with Crippen molar-refractivity contribution in [3.63, 3.8) is 0 Å². The van der Waals surface area contributed by atoms with Crippen LogP contribution in [-0.4, -0.2) is 50.9 Å². The lowest BCUT2D eigenvalue weighted by Crippen LogP contribution is -2.41. The number of thioether (sulfide) groups is 1. The summed E-state index contributed by atoms with van der Waals surface area (Å²) in [6.45, 7) is 0. The van der Waals surface area contributed by atoms with Gasteiger partial charge in [-0.05, 0) is 12.8 Å². The topological polar surface area (TPSA) is 92.8 Å². The fourth-order valence-electron chi connectivity index (χ4n) is 1.88. The molecule has 0 aromatic carbocycles. The van der Waals surface area contributed by atoms with Crippen molar-refractivity contribution in [2.75, 3.05) is 12.9 Å². The van der Waals surface area contributed by atoms with Gasteiger partial charge in [-0.1, -0.05) is 0 Å². The second-order valence-corrected chi connectivity index (χ2v) is 5.62. The van der Waals surface area contributed by atoms with Gasteiger partial charge in [0.05, 0.1) is 13.4 Å². The van der Waals surface area contributed by atoms with Gasteiger partial charge in [-0.2, -0.15) is 0 Å². The van der Waals surface area contributed by atoms with Crippen LogP contribution in [0.1, 0.15) is 12.8 Å². The highest BCUT2D eigenvalue weighted by molar-refractivity contribution is 7.99. The number of nitrogens with zero attached hydrogens (tertiary/aromatic N) is 3. The highest BCUT2D eigenvalue weighted by Crippen LogP contribution is 2.25. The molecule has 2 heterocycles. The summed E-state index contributed by atoms with van der Waals surface area (Å²) in [6.07, 6.45) is 5.31. The molecule has 1 aliphatic carbocycles. The van der Waals surface area contributed by atoms with Gasteiger partial charge in [0.15, 0.2) is 5.65 Å². The summed E-state index contributed by atoms with van der Waals surface area (Å²) >= 11 is 1.49. The standard InChI is InChI=1S/C12H15N5O2S/c1-19-12(18)8(17-7-2-3-7)4-20-11-9-10(14-5-13-9)15-6-16-11/h5-8,17H,2-4H2,1H3,(H,13,14,15,16). The average molecular weight is 293 g/mol. The molecule has 1 atom stereocenters. The molecule has 1 saturated carbocycles. The second kappa shape index (κ2) is 5.76. The summed E-state index contributed by atoms with van der Waals surface area (Å²) in [6, 6.07) is 0.128. The summed E-state index contributed by atoms with van der Waals surface area (Å²) in [5.41, 5.74) is 1.43. The van der Waals surface area contributed by atoms with E-state index in [1.807, 2.05) is 0 Å². The summed E-state index contributed by atoms with van der Waals surface area (Å²) in [5.74, 6) is 0.327. The molecule has 1 fully saturated rings. The van der Waals surface area contributed by atoms with Crippen molar-refractivity contribution in [3.8, 4) is 0 Å². The lowest BCUT2D eigenvalue weighted by Gasteiger charge is -2.15. The lowest BCUT2D eigenvalue weighted by atomic mass is 10.3. The molecule has 0 spiro atoms. The van der Waals surface area contributed by atoms with Crippen LogP contribution in [0.15, 0.2) is 17.7 Å². The number of methoxy groups -OCH3 is 1. The maximum absolute atomic E-state index is 11.8. The molecule has 3 rings (SSSR count). The van der Waals surface area contributed by atoms with E-state index in [0.717, 1.165) is 23.4 Å². The molecule has 8 heteroatoms. The van der Waals surface area contributed by atoms with Crippen molar-refractivity contribution in [1.82, 2.24) is 25.3 Å². The van der Waals surface area contributed by atoms with E-state index in [0.29, 0.717) is 17.4 Å². The smallest absolute Gasteiger partial charge is 0.323 e. The fourth-order valence-corrected chi connectivity index (χ4v) is 2.85. The van der Waals surface area contributed by atoms with Crippen molar-refractivity contribution in [1.29, 1.82) is 0 Å². The van der Waals surface area contributed by atoms with Crippen molar-refractivity contribution >= 4 is 28.9 Å². The number of esters is 1. The third-order valence-corrected chi connectivity index (χ3v) is 4.16. The van der Waals surface area contributed by atoms with Gasteiger partial charge < -0.3 is 15.0 Å². The number of ether oxygens (including phenoxy) is 1. The van der Waals surface area contributed by atoms with Gasteiger partial charge in [-0.15, -0.1) is 11.8 Å². The number of aromatic nitrogens is 4. The van der Waals surface area contributed by atoms with E-state index in [-0.39, 0.29) is 12.0 Å². The summed E-state index contributed by atoms with van der Waals surface area (Å²) in [4.78, 5) is 27.2. The number of fused-ring (bicyclic) bond motifs is 1. The van der Waals surface area contributed by atoms with Crippen LogP contribution in [0.2, 0.25) is 0 Å². The maximum Gasteiger partial charge on any atom is 0.323 e. The van der Waals surface area contributed by atoms with E-state index < -0.39 is 0 Å². The molecule has 0 saturated heterocycles. The summed E-state index contributed by atoms with van der Waals surface area (Å²) < 4.78 is 4.83. The van der Waals surface area contributed by atoms with E-state index in [4.69, 9.17) is 4.74 Å². The van der Waals surface area contributed by atoms with Gasteiger partial charge >= 0.3 is 5.97 Å². The molecule has 20 heavy (non-hydrogen) atoms. The number of H-pyrrole nitrogens is 1. The average Bonchev–Trinajstić information content (AvgIpc) is 3.16. The Morgan fingerprint density at radius 2 is 2.40 bits per heavy atom. The zero-order valence-corrected chi connectivity index (χ0v) is 11.8. The number of nitrogens with one attached hydrogen (secondary N) is 2. The van der Waals surface area contributed by atoms with Crippen LogP contribution in [-0.2, 0) is 9.53 Å². The van der Waals surface area contributed by atoms with Crippen molar-refractivity contribution in [2.45, 2.75) is 30.0 Å². The van der Waals surface area contributed by atoms with Crippen molar-refractivity contribution in [3.05, 3.63) is 12.7 Å². The first kappa shape index (κ1) is 13.3. The van der Waals surface area contributed by atoms with Gasteiger partial charge in [-0.25, -0.2) is 15.0 Å². The molecular weight excluding hydrogens is 278 g/mol. The molecule has 1 aliphatic rings. The van der Waals surface area contributed by atoms with Crippen molar-refractivity contribution < 1.29 is 9.53 Å². The Balaban J connectivity index is 1.69. The number of hydrogen-bond donors (Lipinski definition) is 2. The number of carbonyl (C=O) groups is 1. The molecule has 7 nitrogen and oxygen atoms in total. The Morgan fingerprint density at radius 1 is 1.55 bits per heavy atom. The van der Waals surface area contributed by atoms with E-state index in [1.165, 1.54) is 25.2 Å². The molecule has 0 radical (unpaired) electrons. The molecular formula is C12H15N5O2S. The highest BCUT2D eigenvalue weighted by atomic mass is 32.2. The van der Waals surface area contributed by atoms with Gasteiger partial charge in [0.2, 0.25) is 0 Å². The largest absolute Gasteiger partial charge is 0.468 e. The lowest BCUT2D eigenvalue weighted by molar-refractivity contribution is -0.142. The fraction of sp³-hybridized carbons (Fsp3) is 0.500. The SMILES string of the molecule is COC(=O)C(CSc1ncnc2nc[nH]c12)NC1CC1. The van der Waals surface area contributed by atoms with Crippen LogP contribution < -0.4 is 5.32 Å². The molecule has 1 unspecified atom stereocenters. The van der Waals surface area contributed by atoms with Gasteiger partial charge in [-0.3, -0.25) is 4.79 Å². The third kappa shape index (κ3) is 2.91. The van der Waals surface area contributed by atoms with Crippen LogP contribution in [0.3, 0.4) is 0 Å². The molecule has 2 aromatic heterocycles. The van der Waals surface area contributed by atoms with Crippen LogP contribution in [0.5, 0.6) is 0 Å². The third-order valence-electron chi connectivity index (χ3n) is 3.07. The minimum absolute atomic E-state index is 0.237. The Kier molecular flexibility index (Phi) is 3.83. The molecule has 2 aromatic rings. The second-order valence-electron chi connectivity index (χ2n) is 4.61. The molecule has 0 aliphatic heterocycles. The van der Waals surface area contributed by atoms with Crippen LogP contribution >= 0.6 is 11.8 Å². The van der Waals surface area contributed by atoms with Gasteiger partial charge in [0.25, 0.3) is 0 Å². The first-order valence-corrected chi connectivity index (χ1v) is 7.37. The zero-order chi connectivity index (χ0) is 13.9. The number of imidazole rings is 1. The minimum Gasteiger partial charge on any atom is -0.468 e. The number of rotatable bonds is 6. The van der Waals surface area contributed by atoms with E-state index in [9.17, 15) is 4.79 Å². The summed E-state index contributed by atoms with van der Waals surface area (Å²) in [5, 5.41) is 4.08. The van der Waals surface area contributed by atoms with Crippen LogP contribution in [0.4, 0.5) is 0 Å². The van der Waals surface area contributed by atoms with Crippen molar-refractivity contribution in [2.24, 2.45) is 0 Å². The first-order chi connectivity index (χ1) is 9.78. The predicted octanol–water partition coefficient (Wildman–Crippen LogP) is 0.739. The van der Waals surface area contributed by atoms with Crippen LogP contribution in [0.25, 0.3) is 11.2 Å². The highest BCUT2D eigenvalue weighted by Gasteiger charge is 2.29. The molecule has 106 valence electrons. The molecule has 2 N–H and O–H groups in total. The minimum atomic E-state index is -0.314. The Bertz CT molecular complexity index is 613. The van der Waals surface area contributed by atoms with E-state index in [2.05, 4.69) is 25.3 Å². The Labute approximate surface area is 119 Å². The number of carbonyl (C=O) groups excluding carboxylic acids is 1. The number of aromatic amines is 1. The Morgan fingerprint density at radius 3 is 3.15 bits per heavy atom. The normalized spacial score (nSPS) is 16.2. The predicted molar refractivity (Wildman–Crippen MR) is 74.4 cm³/mol. The van der Waals surface area contributed by atoms with Gasteiger partial charge in [0, 0.05) is 11.8 Å². The first-order valence-electron chi connectivity index (χ1n) is 6.38. The molecule has 0 bridgehead atoms. The van der Waals surface area contributed by atoms with Gasteiger partial charge in [0.1, 0.15) is 22.9 Å². The summed E-state index contributed by atoms with van der Waals surface area (Å²) in [7, 11) is 1.41. The molecule has 0 amide bonds. The number of hydrogen-bond acceptors (Lipinski definition) is 7. The monoisotopic (exact) mass is 293 g/mol. The maximum atomic E-state index is 11.8. The zero-order valence-electron chi connectivity index (χ0n) is 11.0. The van der Waals surface area contributed by atoms with E-state index >= 15 is 0 Å². The Hall–Kier alpha value is -1.67.